The Morgan fingerprint density at radius 1 is 1.40 bits per heavy atom. The zero-order valence-electron chi connectivity index (χ0n) is 12.7. The average molecular weight is 313 g/mol. The smallest absolute Gasteiger partial charge is 0.0578 e. The molecule has 0 radical (unpaired) electrons. The molecule has 0 spiro atoms. The summed E-state index contributed by atoms with van der Waals surface area (Å²) in [6.45, 7) is 5.27. The highest BCUT2D eigenvalue weighted by Gasteiger charge is 2.32. The van der Waals surface area contributed by atoms with Crippen molar-refractivity contribution < 1.29 is 4.21 Å². The number of nitrogens with zero attached hydrogens (tertiary/aromatic N) is 2. The molecule has 3 nitrogen and oxygen atoms in total. The van der Waals surface area contributed by atoms with Gasteiger partial charge < -0.3 is 0 Å². The molecule has 1 aromatic carbocycles. The van der Waals surface area contributed by atoms with E-state index in [9.17, 15) is 4.21 Å². The molecule has 5 heteroatoms. The maximum atomic E-state index is 12.7. The summed E-state index contributed by atoms with van der Waals surface area (Å²) in [5, 5.41) is 0. The lowest BCUT2D eigenvalue weighted by molar-refractivity contribution is 0.389. The Bertz CT molecular complexity index is 577. The van der Waals surface area contributed by atoms with Gasteiger partial charge in [0.25, 0.3) is 0 Å². The number of benzene rings is 1. The van der Waals surface area contributed by atoms with E-state index in [2.05, 4.69) is 53.0 Å². The van der Waals surface area contributed by atoms with Crippen molar-refractivity contribution in [3.05, 3.63) is 35.4 Å². The van der Waals surface area contributed by atoms with E-state index < -0.39 is 9.73 Å². The van der Waals surface area contributed by atoms with E-state index in [4.69, 9.17) is 0 Å². The summed E-state index contributed by atoms with van der Waals surface area (Å²) < 4.78 is 19.2. The molecule has 0 N–H and O–H groups in total. The Hall–Kier alpha value is -0.520. The van der Waals surface area contributed by atoms with Gasteiger partial charge in [-0.1, -0.05) is 50.1 Å². The first-order valence-electron chi connectivity index (χ1n) is 7.01. The van der Waals surface area contributed by atoms with E-state index in [1.807, 2.05) is 0 Å². The van der Waals surface area contributed by atoms with Gasteiger partial charge >= 0.3 is 0 Å². The maximum Gasteiger partial charge on any atom is 0.0578 e. The van der Waals surface area contributed by atoms with E-state index in [1.165, 1.54) is 11.1 Å². The molecule has 112 valence electrons. The van der Waals surface area contributed by atoms with Crippen LogP contribution in [0.1, 0.15) is 36.9 Å². The van der Waals surface area contributed by atoms with Crippen LogP contribution in [0.15, 0.2) is 28.6 Å². The highest BCUT2D eigenvalue weighted by atomic mass is 32.2. The second kappa shape index (κ2) is 6.50. The molecule has 2 atom stereocenters. The van der Waals surface area contributed by atoms with Crippen molar-refractivity contribution in [1.29, 1.82) is 0 Å². The molecule has 0 bridgehead atoms. The van der Waals surface area contributed by atoms with Gasteiger partial charge in [0.2, 0.25) is 0 Å². The Kier molecular flexibility index (Phi) is 5.15. The van der Waals surface area contributed by atoms with E-state index >= 15 is 0 Å². The van der Waals surface area contributed by atoms with Crippen LogP contribution < -0.4 is 0 Å². The molecule has 0 aromatic heterocycles. The van der Waals surface area contributed by atoms with E-state index in [0.717, 1.165) is 6.54 Å². The first kappa shape index (κ1) is 15.9. The summed E-state index contributed by atoms with van der Waals surface area (Å²) in [5.74, 6) is 1.81. The normalized spacial score (nSPS) is 27.8. The van der Waals surface area contributed by atoms with Gasteiger partial charge in [0.1, 0.15) is 0 Å². The van der Waals surface area contributed by atoms with Crippen molar-refractivity contribution in [3.63, 3.8) is 0 Å². The minimum absolute atomic E-state index is 0.202. The fourth-order valence-electron chi connectivity index (χ4n) is 2.77. The van der Waals surface area contributed by atoms with Gasteiger partial charge in [0.15, 0.2) is 0 Å². The molecule has 1 fully saturated rings. The predicted molar refractivity (Wildman–Crippen MR) is 89.7 cm³/mol. The molecule has 2 rings (SSSR count). The molecule has 1 aliphatic rings. The molecule has 1 heterocycles. The van der Waals surface area contributed by atoms with Gasteiger partial charge in [-0.3, -0.25) is 0 Å². The lowest BCUT2D eigenvalue weighted by Crippen LogP contribution is -2.39. The lowest BCUT2D eigenvalue weighted by Gasteiger charge is -2.36. The van der Waals surface area contributed by atoms with Crippen molar-refractivity contribution in [2.24, 2.45) is 4.36 Å². The summed E-state index contributed by atoms with van der Waals surface area (Å²) in [6.07, 6.45) is 2.10. The van der Waals surface area contributed by atoms with Crippen LogP contribution in [0.25, 0.3) is 0 Å². The fraction of sp³-hybridized carbons (Fsp3) is 0.600. The SMILES string of the molecule is CN=S1(=O)CCN(SC)C(c2ccccc2C(C)C)C1. The number of rotatable bonds is 3. The van der Waals surface area contributed by atoms with E-state index in [-0.39, 0.29) is 6.04 Å². The molecule has 0 saturated carbocycles. The van der Waals surface area contributed by atoms with Crippen LogP contribution in [0.4, 0.5) is 0 Å². The lowest BCUT2D eigenvalue weighted by atomic mass is 9.93. The number of hydrogen-bond acceptors (Lipinski definition) is 4. The van der Waals surface area contributed by atoms with Crippen molar-refractivity contribution in [2.45, 2.75) is 25.8 Å². The van der Waals surface area contributed by atoms with Crippen LogP contribution in [-0.2, 0) is 9.73 Å². The van der Waals surface area contributed by atoms with Crippen LogP contribution >= 0.6 is 11.9 Å². The molecular weight excluding hydrogens is 288 g/mol. The van der Waals surface area contributed by atoms with Crippen molar-refractivity contribution in [2.75, 3.05) is 31.4 Å². The van der Waals surface area contributed by atoms with Crippen LogP contribution in [-0.4, -0.2) is 39.9 Å². The van der Waals surface area contributed by atoms with Crippen LogP contribution in [0.5, 0.6) is 0 Å². The topological polar surface area (TPSA) is 32.7 Å². The third-order valence-corrected chi connectivity index (χ3v) is 7.17. The standard InChI is InChI=1S/C15H24N2OS2/c1-12(2)13-7-5-6-8-14(13)15-11-20(18,16-3)10-9-17(15)19-4/h5-8,12,15H,9-11H2,1-4H3. The minimum atomic E-state index is -2.04. The summed E-state index contributed by atoms with van der Waals surface area (Å²) in [7, 11) is -0.344. The van der Waals surface area contributed by atoms with Gasteiger partial charge in [0, 0.05) is 29.1 Å². The molecule has 1 saturated heterocycles. The first-order valence-corrected chi connectivity index (χ1v) is 10.0. The Morgan fingerprint density at radius 3 is 2.70 bits per heavy atom. The minimum Gasteiger partial charge on any atom is -0.250 e. The number of hydrogen-bond donors (Lipinski definition) is 0. The van der Waals surface area contributed by atoms with Gasteiger partial charge in [-0.2, -0.15) is 0 Å². The molecule has 1 aromatic rings. The summed E-state index contributed by atoms with van der Waals surface area (Å²) >= 11 is 1.75. The second-order valence-corrected chi connectivity index (χ2v) is 8.93. The largest absolute Gasteiger partial charge is 0.250 e. The maximum absolute atomic E-state index is 12.7. The molecule has 2 unspecified atom stereocenters. The zero-order chi connectivity index (χ0) is 14.8. The molecule has 1 aliphatic heterocycles. The fourth-order valence-corrected chi connectivity index (χ4v) is 5.53. The van der Waals surface area contributed by atoms with Gasteiger partial charge in [-0.05, 0) is 23.3 Å². The van der Waals surface area contributed by atoms with Gasteiger partial charge in [-0.15, -0.1) is 0 Å². The van der Waals surface area contributed by atoms with E-state index in [0.29, 0.717) is 17.4 Å². The molecule has 0 aliphatic carbocycles. The second-order valence-electron chi connectivity index (χ2n) is 5.45. The summed E-state index contributed by atoms with van der Waals surface area (Å²) in [6, 6.07) is 8.75. The van der Waals surface area contributed by atoms with Crippen molar-refractivity contribution in [3.8, 4) is 0 Å². The van der Waals surface area contributed by atoms with Crippen LogP contribution in [0.3, 0.4) is 0 Å². The van der Waals surface area contributed by atoms with Crippen molar-refractivity contribution in [1.82, 2.24) is 4.31 Å². The van der Waals surface area contributed by atoms with Gasteiger partial charge in [0.05, 0.1) is 11.8 Å². The van der Waals surface area contributed by atoms with E-state index in [1.54, 1.807) is 19.0 Å². The Morgan fingerprint density at radius 2 is 2.10 bits per heavy atom. The third-order valence-electron chi connectivity index (χ3n) is 3.94. The Balaban J connectivity index is 2.45. The Labute approximate surface area is 127 Å². The zero-order valence-corrected chi connectivity index (χ0v) is 14.3. The summed E-state index contributed by atoms with van der Waals surface area (Å²) in [4.78, 5) is 0. The van der Waals surface area contributed by atoms with Crippen LogP contribution in [0.2, 0.25) is 0 Å². The predicted octanol–water partition coefficient (Wildman–Crippen LogP) is 3.54. The molecule has 20 heavy (non-hydrogen) atoms. The quantitative estimate of drug-likeness (QED) is 0.800. The van der Waals surface area contributed by atoms with Crippen molar-refractivity contribution >= 4 is 21.7 Å². The summed E-state index contributed by atoms with van der Waals surface area (Å²) in [5.41, 5.74) is 2.67. The monoisotopic (exact) mass is 312 g/mol. The van der Waals surface area contributed by atoms with Gasteiger partial charge in [-0.25, -0.2) is 12.9 Å². The molecule has 0 amide bonds. The highest BCUT2D eigenvalue weighted by molar-refractivity contribution is 7.96. The average Bonchev–Trinajstić information content (AvgIpc) is 2.47. The highest BCUT2D eigenvalue weighted by Crippen LogP contribution is 2.35. The molecular formula is C15H24N2OS2. The third kappa shape index (κ3) is 3.21. The van der Waals surface area contributed by atoms with Crippen LogP contribution in [0, 0.1) is 0 Å². The first-order chi connectivity index (χ1) is 9.50.